The highest BCUT2D eigenvalue weighted by molar-refractivity contribution is 9.10. The van der Waals surface area contributed by atoms with Crippen molar-refractivity contribution in [2.45, 2.75) is 6.54 Å². The van der Waals surface area contributed by atoms with Crippen LogP contribution < -0.4 is 5.46 Å². The lowest BCUT2D eigenvalue weighted by atomic mass is 9.79. The van der Waals surface area contributed by atoms with E-state index in [0.29, 0.717) is 10.0 Å². The van der Waals surface area contributed by atoms with Crippen LogP contribution in [0.15, 0.2) is 46.9 Å². The predicted octanol–water partition coefficient (Wildman–Crippen LogP) is 0.903. The number of benzene rings is 2. The van der Waals surface area contributed by atoms with Crippen molar-refractivity contribution in [1.29, 1.82) is 0 Å². The van der Waals surface area contributed by atoms with E-state index in [2.05, 4.69) is 15.9 Å². The summed E-state index contributed by atoms with van der Waals surface area (Å²) in [5, 5.41) is 27.6. The van der Waals surface area contributed by atoms with Crippen molar-refractivity contribution in [2.75, 3.05) is 13.2 Å². The van der Waals surface area contributed by atoms with E-state index >= 15 is 0 Å². The summed E-state index contributed by atoms with van der Waals surface area (Å²) < 4.78 is 13.6. The Bertz CT molecular complexity index is 729. The Hall–Kier alpha value is -1.74. The molecule has 0 radical (unpaired) electrons. The maximum atomic E-state index is 13.3. The number of amides is 1. The first kappa shape index (κ1) is 18.6. The zero-order valence-corrected chi connectivity index (χ0v) is 14.3. The molecule has 126 valence electrons. The smallest absolute Gasteiger partial charge is 0.423 e. The first-order chi connectivity index (χ1) is 11.4. The van der Waals surface area contributed by atoms with Crippen molar-refractivity contribution < 1.29 is 24.3 Å². The first-order valence-corrected chi connectivity index (χ1v) is 8.02. The van der Waals surface area contributed by atoms with Gasteiger partial charge in [-0.3, -0.25) is 4.79 Å². The molecule has 0 saturated carbocycles. The van der Waals surface area contributed by atoms with E-state index in [-0.39, 0.29) is 36.6 Å². The van der Waals surface area contributed by atoms with Crippen LogP contribution in [0.4, 0.5) is 4.39 Å². The van der Waals surface area contributed by atoms with E-state index in [0.717, 1.165) is 0 Å². The number of hydrogen-bond donors (Lipinski definition) is 3. The molecule has 0 aliphatic rings. The van der Waals surface area contributed by atoms with Crippen LogP contribution in [0.3, 0.4) is 0 Å². The molecule has 0 aromatic heterocycles. The molecule has 0 heterocycles. The largest absolute Gasteiger partial charge is 0.488 e. The van der Waals surface area contributed by atoms with Gasteiger partial charge in [0.15, 0.2) is 0 Å². The van der Waals surface area contributed by atoms with Crippen LogP contribution in [0.2, 0.25) is 0 Å². The number of carbonyl (C=O) groups excluding carboxylic acids is 1. The van der Waals surface area contributed by atoms with Gasteiger partial charge >= 0.3 is 7.12 Å². The van der Waals surface area contributed by atoms with Gasteiger partial charge in [0.1, 0.15) is 5.82 Å². The Kier molecular flexibility index (Phi) is 6.50. The summed E-state index contributed by atoms with van der Waals surface area (Å²) >= 11 is 3.10. The number of hydrogen-bond acceptors (Lipinski definition) is 4. The number of carbonyl (C=O) groups is 1. The lowest BCUT2D eigenvalue weighted by molar-refractivity contribution is 0.0708. The standard InChI is InChI=1S/C16H16BBrFNO4/c18-14-8-11(4-5-15(14)19)10-20(6-7-21)16(22)12-2-1-3-13(9-12)17(23)24/h1-5,8-9,21,23-24H,6-7,10H2. The average Bonchev–Trinajstić information content (AvgIpc) is 2.57. The van der Waals surface area contributed by atoms with Crippen LogP contribution in [-0.4, -0.2) is 46.2 Å². The second kappa shape index (κ2) is 8.39. The van der Waals surface area contributed by atoms with Gasteiger partial charge < -0.3 is 20.1 Å². The second-order valence-corrected chi connectivity index (χ2v) is 6.05. The molecule has 0 aliphatic carbocycles. The van der Waals surface area contributed by atoms with Crippen molar-refractivity contribution in [3.05, 3.63) is 63.9 Å². The van der Waals surface area contributed by atoms with Gasteiger partial charge in [0, 0.05) is 18.7 Å². The van der Waals surface area contributed by atoms with Crippen molar-refractivity contribution in [1.82, 2.24) is 4.90 Å². The topological polar surface area (TPSA) is 81.0 Å². The Morgan fingerprint density at radius 3 is 2.58 bits per heavy atom. The van der Waals surface area contributed by atoms with Crippen molar-refractivity contribution in [3.63, 3.8) is 0 Å². The summed E-state index contributed by atoms with van der Waals surface area (Å²) in [5.41, 5.74) is 1.17. The van der Waals surface area contributed by atoms with Gasteiger partial charge in [-0.25, -0.2) is 4.39 Å². The molecule has 1 amide bonds. The van der Waals surface area contributed by atoms with Gasteiger partial charge in [-0.15, -0.1) is 0 Å². The minimum absolute atomic E-state index is 0.0970. The fraction of sp³-hybridized carbons (Fsp3) is 0.188. The molecule has 0 aliphatic heterocycles. The number of aliphatic hydroxyl groups excluding tert-OH is 1. The molecule has 8 heteroatoms. The Balaban J connectivity index is 2.24. The van der Waals surface area contributed by atoms with Gasteiger partial charge in [-0.05, 0) is 51.2 Å². The van der Waals surface area contributed by atoms with Gasteiger partial charge in [-0.2, -0.15) is 0 Å². The monoisotopic (exact) mass is 395 g/mol. The van der Waals surface area contributed by atoms with Crippen LogP contribution in [0.5, 0.6) is 0 Å². The van der Waals surface area contributed by atoms with E-state index in [4.69, 9.17) is 0 Å². The highest BCUT2D eigenvalue weighted by atomic mass is 79.9. The van der Waals surface area contributed by atoms with Crippen molar-refractivity contribution in [3.8, 4) is 0 Å². The molecular weight excluding hydrogens is 380 g/mol. The number of halogens is 2. The SMILES string of the molecule is O=C(c1cccc(B(O)O)c1)N(CCO)Cc1ccc(F)c(Br)c1. The van der Waals surface area contributed by atoms with Gasteiger partial charge in [0.05, 0.1) is 11.1 Å². The third-order valence-electron chi connectivity index (χ3n) is 3.45. The summed E-state index contributed by atoms with van der Waals surface area (Å²) in [6.45, 7) is 0.0559. The third kappa shape index (κ3) is 4.64. The number of aliphatic hydroxyl groups is 1. The summed E-state index contributed by atoms with van der Waals surface area (Å²) in [7, 11) is -1.67. The van der Waals surface area contributed by atoms with E-state index < -0.39 is 12.9 Å². The fourth-order valence-corrected chi connectivity index (χ4v) is 2.67. The maximum absolute atomic E-state index is 13.3. The lowest BCUT2D eigenvalue weighted by Gasteiger charge is -2.22. The Morgan fingerprint density at radius 2 is 1.96 bits per heavy atom. The molecule has 3 N–H and O–H groups in total. The molecule has 2 rings (SSSR count). The third-order valence-corrected chi connectivity index (χ3v) is 4.05. The first-order valence-electron chi connectivity index (χ1n) is 7.22. The zero-order valence-electron chi connectivity index (χ0n) is 12.7. The molecule has 0 atom stereocenters. The number of nitrogens with zero attached hydrogens (tertiary/aromatic N) is 1. The van der Waals surface area contributed by atoms with Crippen LogP contribution in [0, 0.1) is 5.82 Å². The Labute approximate surface area is 147 Å². The van der Waals surface area contributed by atoms with Crippen LogP contribution in [-0.2, 0) is 6.54 Å². The maximum Gasteiger partial charge on any atom is 0.488 e. The van der Waals surface area contributed by atoms with Crippen LogP contribution in [0.1, 0.15) is 15.9 Å². The quantitative estimate of drug-likeness (QED) is 0.635. The van der Waals surface area contributed by atoms with Crippen LogP contribution >= 0.6 is 15.9 Å². The van der Waals surface area contributed by atoms with Crippen molar-refractivity contribution in [2.24, 2.45) is 0 Å². The normalized spacial score (nSPS) is 10.5. The molecule has 0 bridgehead atoms. The Morgan fingerprint density at radius 1 is 1.21 bits per heavy atom. The van der Waals surface area contributed by atoms with E-state index in [1.54, 1.807) is 24.3 Å². The van der Waals surface area contributed by atoms with E-state index in [1.165, 1.54) is 23.1 Å². The molecule has 0 spiro atoms. The van der Waals surface area contributed by atoms with Gasteiger partial charge in [0.25, 0.3) is 5.91 Å². The van der Waals surface area contributed by atoms with Gasteiger partial charge in [-0.1, -0.05) is 18.2 Å². The predicted molar refractivity (Wildman–Crippen MR) is 92.2 cm³/mol. The van der Waals surface area contributed by atoms with Gasteiger partial charge in [0.2, 0.25) is 0 Å². The minimum atomic E-state index is -1.67. The molecule has 0 fully saturated rings. The summed E-state index contributed by atoms with van der Waals surface area (Å²) in [6.07, 6.45) is 0. The van der Waals surface area contributed by atoms with Crippen LogP contribution in [0.25, 0.3) is 0 Å². The number of rotatable bonds is 6. The summed E-state index contributed by atoms with van der Waals surface area (Å²) in [6, 6.07) is 10.4. The summed E-state index contributed by atoms with van der Waals surface area (Å²) in [4.78, 5) is 14.0. The van der Waals surface area contributed by atoms with Crippen molar-refractivity contribution >= 4 is 34.4 Å². The highest BCUT2D eigenvalue weighted by Crippen LogP contribution is 2.18. The zero-order chi connectivity index (χ0) is 17.7. The minimum Gasteiger partial charge on any atom is -0.423 e. The second-order valence-electron chi connectivity index (χ2n) is 5.20. The molecule has 2 aromatic rings. The van der Waals surface area contributed by atoms with E-state index in [9.17, 15) is 24.3 Å². The van der Waals surface area contributed by atoms with E-state index in [1.807, 2.05) is 0 Å². The molecular formula is C16H16BBrFNO4. The molecule has 0 unspecified atom stereocenters. The fourth-order valence-electron chi connectivity index (χ4n) is 2.25. The molecule has 5 nitrogen and oxygen atoms in total. The molecule has 24 heavy (non-hydrogen) atoms. The highest BCUT2D eigenvalue weighted by Gasteiger charge is 2.19. The average molecular weight is 396 g/mol. The lowest BCUT2D eigenvalue weighted by Crippen LogP contribution is -2.35. The summed E-state index contributed by atoms with van der Waals surface area (Å²) in [5.74, 6) is -0.768. The molecule has 2 aromatic carbocycles. The molecule has 0 saturated heterocycles.